The van der Waals surface area contributed by atoms with Crippen LogP contribution >= 0.6 is 22.9 Å². The van der Waals surface area contributed by atoms with Crippen LogP contribution in [0.4, 0.5) is 0 Å². The van der Waals surface area contributed by atoms with Gasteiger partial charge in [0.25, 0.3) is 5.56 Å². The van der Waals surface area contributed by atoms with E-state index in [1.165, 1.54) is 22.2 Å². The van der Waals surface area contributed by atoms with Gasteiger partial charge in [-0.15, -0.1) is 11.3 Å². The molecule has 2 aromatic heterocycles. The Morgan fingerprint density at radius 3 is 2.54 bits per heavy atom. The Kier molecular flexibility index (Phi) is 4.98. The summed E-state index contributed by atoms with van der Waals surface area (Å²) < 4.78 is 6.45. The van der Waals surface area contributed by atoms with Crippen LogP contribution in [0.3, 0.4) is 0 Å². The number of fused-ring (bicyclic) bond motifs is 1. The van der Waals surface area contributed by atoms with Gasteiger partial charge < -0.3 is 4.74 Å². The standard InChI is InChI=1S/C21H15ClN2O3S/c1-27-16-8-4-14(5-9-16)18(25)10-24-12-23-20-19(21(24)26)17(11-28-20)13-2-6-15(22)7-3-13/h2-9,11-12H,10H2,1H3. The minimum absolute atomic E-state index is 0.0794. The lowest BCUT2D eigenvalue weighted by Gasteiger charge is -2.07. The smallest absolute Gasteiger partial charge is 0.263 e. The topological polar surface area (TPSA) is 61.2 Å². The Bertz CT molecular complexity index is 1210. The van der Waals surface area contributed by atoms with Gasteiger partial charge in [0, 0.05) is 21.5 Å². The highest BCUT2D eigenvalue weighted by atomic mass is 35.5. The molecule has 0 bridgehead atoms. The molecular formula is C21H15ClN2O3S. The molecule has 0 N–H and O–H groups in total. The molecule has 140 valence electrons. The van der Waals surface area contributed by atoms with Gasteiger partial charge in [-0.3, -0.25) is 14.2 Å². The zero-order valence-electron chi connectivity index (χ0n) is 14.9. The van der Waals surface area contributed by atoms with Gasteiger partial charge >= 0.3 is 0 Å². The normalized spacial score (nSPS) is 10.9. The molecule has 0 fully saturated rings. The van der Waals surface area contributed by atoms with Crippen LogP contribution in [0.1, 0.15) is 10.4 Å². The van der Waals surface area contributed by atoms with Gasteiger partial charge in [0.05, 0.1) is 25.4 Å². The lowest BCUT2D eigenvalue weighted by Crippen LogP contribution is -2.24. The summed E-state index contributed by atoms with van der Waals surface area (Å²) in [5.41, 5.74) is 1.95. The van der Waals surface area contributed by atoms with Gasteiger partial charge in [0.1, 0.15) is 10.6 Å². The average Bonchev–Trinajstić information content (AvgIpc) is 3.15. The van der Waals surface area contributed by atoms with Crippen molar-refractivity contribution in [1.29, 1.82) is 0 Å². The van der Waals surface area contributed by atoms with E-state index in [1.54, 1.807) is 43.5 Å². The number of ketones is 1. The first-order valence-corrected chi connectivity index (χ1v) is 9.72. The highest BCUT2D eigenvalue weighted by Crippen LogP contribution is 2.31. The fourth-order valence-electron chi connectivity index (χ4n) is 2.94. The van der Waals surface area contributed by atoms with Crippen LogP contribution in [-0.4, -0.2) is 22.4 Å². The summed E-state index contributed by atoms with van der Waals surface area (Å²) in [6.45, 7) is -0.0794. The Hall–Kier alpha value is -2.96. The molecule has 0 atom stereocenters. The van der Waals surface area contributed by atoms with Crippen LogP contribution in [0.5, 0.6) is 5.75 Å². The Labute approximate surface area is 169 Å². The third kappa shape index (κ3) is 3.44. The number of halogens is 1. The molecule has 4 rings (SSSR count). The largest absolute Gasteiger partial charge is 0.497 e. The number of benzene rings is 2. The van der Waals surface area contributed by atoms with E-state index in [4.69, 9.17) is 16.3 Å². The van der Waals surface area contributed by atoms with E-state index in [-0.39, 0.29) is 17.9 Å². The summed E-state index contributed by atoms with van der Waals surface area (Å²) in [5, 5.41) is 3.04. The molecule has 4 aromatic rings. The summed E-state index contributed by atoms with van der Waals surface area (Å²) in [6.07, 6.45) is 1.42. The van der Waals surface area contributed by atoms with Crippen molar-refractivity contribution < 1.29 is 9.53 Å². The SMILES string of the molecule is COc1ccc(C(=O)Cn2cnc3scc(-c4ccc(Cl)cc4)c3c2=O)cc1. The number of rotatable bonds is 5. The number of carbonyl (C=O) groups excluding carboxylic acids is 1. The van der Waals surface area contributed by atoms with Crippen LogP contribution in [0, 0.1) is 0 Å². The summed E-state index contributed by atoms with van der Waals surface area (Å²) in [7, 11) is 1.57. The zero-order valence-corrected chi connectivity index (χ0v) is 16.5. The molecule has 0 radical (unpaired) electrons. The number of carbonyl (C=O) groups is 1. The van der Waals surface area contributed by atoms with Crippen molar-refractivity contribution in [1.82, 2.24) is 9.55 Å². The Balaban J connectivity index is 1.71. The van der Waals surface area contributed by atoms with Crippen molar-refractivity contribution in [3.05, 3.63) is 81.2 Å². The highest BCUT2D eigenvalue weighted by Gasteiger charge is 2.15. The van der Waals surface area contributed by atoms with E-state index < -0.39 is 0 Å². The first kappa shape index (κ1) is 18.4. The Morgan fingerprint density at radius 1 is 1.14 bits per heavy atom. The third-order valence-corrected chi connectivity index (χ3v) is 5.58. The molecule has 0 aliphatic rings. The average molecular weight is 411 g/mol. The lowest BCUT2D eigenvalue weighted by atomic mass is 10.1. The van der Waals surface area contributed by atoms with Crippen LogP contribution in [0.2, 0.25) is 5.02 Å². The molecule has 0 saturated heterocycles. The van der Waals surface area contributed by atoms with Gasteiger partial charge in [-0.2, -0.15) is 0 Å². The number of Topliss-reactive ketones (excluding diaryl/α,β-unsaturated/α-hetero) is 1. The Morgan fingerprint density at radius 2 is 1.86 bits per heavy atom. The highest BCUT2D eigenvalue weighted by molar-refractivity contribution is 7.17. The first-order valence-electron chi connectivity index (χ1n) is 8.46. The maximum absolute atomic E-state index is 13.0. The van der Waals surface area contributed by atoms with Crippen LogP contribution in [0.15, 0.2) is 65.0 Å². The zero-order chi connectivity index (χ0) is 19.7. The van der Waals surface area contributed by atoms with Crippen molar-refractivity contribution in [2.75, 3.05) is 7.11 Å². The summed E-state index contributed by atoms with van der Waals surface area (Å²) in [6, 6.07) is 14.1. The van der Waals surface area contributed by atoms with Gasteiger partial charge in [-0.25, -0.2) is 4.98 Å². The first-order chi connectivity index (χ1) is 13.6. The predicted octanol–water partition coefficient (Wildman–Crippen LogP) is 4.67. The molecule has 0 aliphatic heterocycles. The predicted molar refractivity (Wildman–Crippen MR) is 112 cm³/mol. The van der Waals surface area contributed by atoms with Crippen molar-refractivity contribution in [2.45, 2.75) is 6.54 Å². The minimum atomic E-state index is -0.238. The number of aromatic nitrogens is 2. The molecule has 0 saturated carbocycles. The molecule has 0 unspecified atom stereocenters. The van der Waals surface area contributed by atoms with Crippen molar-refractivity contribution in [2.24, 2.45) is 0 Å². The fourth-order valence-corrected chi connectivity index (χ4v) is 3.98. The van der Waals surface area contributed by atoms with Crippen LogP contribution in [0.25, 0.3) is 21.3 Å². The van der Waals surface area contributed by atoms with Crippen LogP contribution in [-0.2, 0) is 6.54 Å². The maximum atomic E-state index is 13.0. The second-order valence-corrected chi connectivity index (χ2v) is 7.46. The van der Waals surface area contributed by atoms with Gasteiger partial charge in [0.2, 0.25) is 0 Å². The molecule has 0 amide bonds. The van der Waals surface area contributed by atoms with Gasteiger partial charge in [-0.05, 0) is 42.0 Å². The summed E-state index contributed by atoms with van der Waals surface area (Å²) >= 11 is 7.36. The van der Waals surface area contributed by atoms with E-state index in [0.29, 0.717) is 26.6 Å². The van der Waals surface area contributed by atoms with Crippen molar-refractivity contribution >= 4 is 38.9 Å². The second kappa shape index (κ2) is 7.58. The molecule has 0 spiro atoms. The molecule has 7 heteroatoms. The number of nitrogens with zero attached hydrogens (tertiary/aromatic N) is 2. The minimum Gasteiger partial charge on any atom is -0.497 e. The number of methoxy groups -OCH3 is 1. The summed E-state index contributed by atoms with van der Waals surface area (Å²) in [4.78, 5) is 30.6. The fraction of sp³-hybridized carbons (Fsp3) is 0.0952. The quantitative estimate of drug-likeness (QED) is 0.448. The maximum Gasteiger partial charge on any atom is 0.263 e. The molecule has 2 aromatic carbocycles. The number of thiophene rings is 1. The molecule has 28 heavy (non-hydrogen) atoms. The molecule has 0 aliphatic carbocycles. The molecule has 2 heterocycles. The van der Waals surface area contributed by atoms with Crippen LogP contribution < -0.4 is 10.3 Å². The lowest BCUT2D eigenvalue weighted by molar-refractivity contribution is 0.0970. The third-order valence-electron chi connectivity index (χ3n) is 4.44. The molecular weight excluding hydrogens is 396 g/mol. The van der Waals surface area contributed by atoms with Crippen molar-refractivity contribution in [3.8, 4) is 16.9 Å². The van der Waals surface area contributed by atoms with Gasteiger partial charge in [0.15, 0.2) is 5.78 Å². The number of ether oxygens (including phenoxy) is 1. The van der Waals surface area contributed by atoms with E-state index >= 15 is 0 Å². The van der Waals surface area contributed by atoms with Gasteiger partial charge in [-0.1, -0.05) is 23.7 Å². The second-order valence-electron chi connectivity index (χ2n) is 6.17. The van der Waals surface area contributed by atoms with E-state index in [1.807, 2.05) is 17.5 Å². The number of hydrogen-bond donors (Lipinski definition) is 0. The van der Waals surface area contributed by atoms with E-state index in [9.17, 15) is 9.59 Å². The van der Waals surface area contributed by atoms with Crippen molar-refractivity contribution in [3.63, 3.8) is 0 Å². The molecule has 5 nitrogen and oxygen atoms in total. The summed E-state index contributed by atoms with van der Waals surface area (Å²) in [5.74, 6) is 0.497. The number of hydrogen-bond acceptors (Lipinski definition) is 5. The van der Waals surface area contributed by atoms with E-state index in [0.717, 1.165) is 11.1 Å². The van der Waals surface area contributed by atoms with E-state index in [2.05, 4.69) is 4.98 Å². The monoisotopic (exact) mass is 410 g/mol.